The standard InChI is InChI=1S/C7H3BrClN3/c8-5-2-11-7(9)4-1-10-3-12-6(4)5/h1-3H. The number of nitrogens with zero attached hydrogens (tertiary/aromatic N) is 3. The first kappa shape index (κ1) is 7.89. The minimum absolute atomic E-state index is 0.425. The molecular weight excluding hydrogens is 241 g/mol. The van der Waals surface area contributed by atoms with E-state index in [1.165, 1.54) is 6.33 Å². The predicted molar refractivity (Wildman–Crippen MR) is 50.0 cm³/mol. The van der Waals surface area contributed by atoms with Crippen molar-refractivity contribution >= 4 is 38.4 Å². The summed E-state index contributed by atoms with van der Waals surface area (Å²) in [6.45, 7) is 0. The Balaban J connectivity index is 2.95. The Morgan fingerprint density at radius 3 is 2.83 bits per heavy atom. The third-order valence-corrected chi connectivity index (χ3v) is 2.33. The first-order chi connectivity index (χ1) is 5.79. The van der Waals surface area contributed by atoms with Gasteiger partial charge in [0, 0.05) is 12.4 Å². The summed E-state index contributed by atoms with van der Waals surface area (Å²) >= 11 is 9.14. The molecule has 2 aromatic rings. The summed E-state index contributed by atoms with van der Waals surface area (Å²) in [5, 5.41) is 1.18. The van der Waals surface area contributed by atoms with Crippen molar-refractivity contribution in [2.45, 2.75) is 0 Å². The van der Waals surface area contributed by atoms with Crippen LogP contribution in [0.1, 0.15) is 0 Å². The highest BCUT2D eigenvalue weighted by Gasteiger charge is 2.03. The van der Waals surface area contributed by atoms with Gasteiger partial charge in [-0.2, -0.15) is 0 Å². The van der Waals surface area contributed by atoms with E-state index in [0.717, 1.165) is 15.4 Å². The maximum Gasteiger partial charge on any atom is 0.140 e. The highest BCUT2D eigenvalue weighted by Crippen LogP contribution is 2.24. The monoisotopic (exact) mass is 243 g/mol. The van der Waals surface area contributed by atoms with E-state index < -0.39 is 0 Å². The van der Waals surface area contributed by atoms with Crippen molar-refractivity contribution in [2.75, 3.05) is 0 Å². The number of aromatic nitrogens is 3. The van der Waals surface area contributed by atoms with E-state index >= 15 is 0 Å². The SMILES string of the molecule is Clc1ncc(Br)c2ncncc12. The summed E-state index contributed by atoms with van der Waals surface area (Å²) in [6, 6.07) is 0. The molecule has 0 aliphatic heterocycles. The van der Waals surface area contributed by atoms with Crippen molar-refractivity contribution in [3.8, 4) is 0 Å². The highest BCUT2D eigenvalue weighted by molar-refractivity contribution is 9.10. The maximum atomic E-state index is 5.82. The van der Waals surface area contributed by atoms with E-state index in [4.69, 9.17) is 11.6 Å². The Morgan fingerprint density at radius 2 is 2.08 bits per heavy atom. The van der Waals surface area contributed by atoms with Crippen LogP contribution in [0.2, 0.25) is 5.15 Å². The molecule has 0 radical (unpaired) electrons. The van der Waals surface area contributed by atoms with E-state index in [9.17, 15) is 0 Å². The molecule has 2 rings (SSSR count). The van der Waals surface area contributed by atoms with Crippen LogP contribution in [-0.4, -0.2) is 15.0 Å². The quantitative estimate of drug-likeness (QED) is 0.668. The van der Waals surface area contributed by atoms with Crippen molar-refractivity contribution in [2.24, 2.45) is 0 Å². The fourth-order valence-corrected chi connectivity index (χ4v) is 1.52. The average molecular weight is 244 g/mol. The van der Waals surface area contributed by atoms with Crippen LogP contribution in [0.4, 0.5) is 0 Å². The number of rotatable bonds is 0. The maximum absolute atomic E-state index is 5.82. The molecule has 0 spiro atoms. The lowest BCUT2D eigenvalue weighted by Gasteiger charge is -1.98. The van der Waals surface area contributed by atoms with Gasteiger partial charge in [-0.05, 0) is 15.9 Å². The van der Waals surface area contributed by atoms with E-state index in [1.54, 1.807) is 12.4 Å². The smallest absolute Gasteiger partial charge is 0.140 e. The number of pyridine rings is 1. The average Bonchev–Trinajstić information content (AvgIpc) is 2.12. The number of hydrogen-bond acceptors (Lipinski definition) is 3. The zero-order valence-electron chi connectivity index (χ0n) is 5.83. The van der Waals surface area contributed by atoms with Gasteiger partial charge in [0.05, 0.1) is 15.4 Å². The molecule has 2 heterocycles. The summed E-state index contributed by atoms with van der Waals surface area (Å²) in [5.74, 6) is 0. The van der Waals surface area contributed by atoms with E-state index in [0.29, 0.717) is 5.15 Å². The van der Waals surface area contributed by atoms with Crippen molar-refractivity contribution in [3.05, 3.63) is 28.3 Å². The third kappa shape index (κ3) is 1.17. The van der Waals surface area contributed by atoms with Gasteiger partial charge in [0.15, 0.2) is 0 Å². The minimum atomic E-state index is 0.425. The molecule has 0 saturated heterocycles. The predicted octanol–water partition coefficient (Wildman–Crippen LogP) is 2.44. The van der Waals surface area contributed by atoms with Gasteiger partial charge in [0.25, 0.3) is 0 Å². The zero-order valence-corrected chi connectivity index (χ0v) is 8.17. The highest BCUT2D eigenvalue weighted by atomic mass is 79.9. The fraction of sp³-hybridized carbons (Fsp3) is 0. The van der Waals surface area contributed by atoms with Gasteiger partial charge in [0.2, 0.25) is 0 Å². The molecule has 5 heteroatoms. The van der Waals surface area contributed by atoms with Crippen LogP contribution in [-0.2, 0) is 0 Å². The molecule has 0 saturated carbocycles. The molecule has 0 fully saturated rings. The van der Waals surface area contributed by atoms with Crippen molar-refractivity contribution in [1.82, 2.24) is 15.0 Å². The van der Waals surface area contributed by atoms with Crippen LogP contribution < -0.4 is 0 Å². The van der Waals surface area contributed by atoms with Gasteiger partial charge in [-0.1, -0.05) is 11.6 Å². The molecule has 0 N–H and O–H groups in total. The van der Waals surface area contributed by atoms with Crippen LogP contribution >= 0.6 is 27.5 Å². The van der Waals surface area contributed by atoms with Crippen LogP contribution in [0.5, 0.6) is 0 Å². The molecule has 0 aromatic carbocycles. The lowest BCUT2D eigenvalue weighted by Crippen LogP contribution is -1.85. The molecular formula is C7H3BrClN3. The van der Waals surface area contributed by atoms with E-state index in [-0.39, 0.29) is 0 Å². The van der Waals surface area contributed by atoms with Gasteiger partial charge < -0.3 is 0 Å². The number of halogens is 2. The normalized spacial score (nSPS) is 10.5. The second-order valence-electron chi connectivity index (χ2n) is 2.18. The molecule has 0 unspecified atom stereocenters. The molecule has 2 aromatic heterocycles. The van der Waals surface area contributed by atoms with Crippen molar-refractivity contribution in [3.63, 3.8) is 0 Å². The fourth-order valence-electron chi connectivity index (χ4n) is 0.915. The molecule has 0 aliphatic rings. The molecule has 0 atom stereocenters. The number of hydrogen-bond donors (Lipinski definition) is 0. The summed E-state index contributed by atoms with van der Waals surface area (Å²) in [5.41, 5.74) is 0.782. The first-order valence-corrected chi connectivity index (χ1v) is 4.36. The van der Waals surface area contributed by atoms with Gasteiger partial charge in [-0.25, -0.2) is 15.0 Å². The largest absolute Gasteiger partial charge is 0.244 e. The molecule has 3 nitrogen and oxygen atoms in total. The summed E-state index contributed by atoms with van der Waals surface area (Å²) in [7, 11) is 0. The third-order valence-electron chi connectivity index (χ3n) is 1.45. The van der Waals surface area contributed by atoms with Gasteiger partial charge >= 0.3 is 0 Å². The molecule has 0 amide bonds. The summed E-state index contributed by atoms with van der Waals surface area (Å²) in [6.07, 6.45) is 4.74. The second kappa shape index (κ2) is 2.95. The molecule has 0 aliphatic carbocycles. The summed E-state index contributed by atoms with van der Waals surface area (Å²) < 4.78 is 0.823. The van der Waals surface area contributed by atoms with E-state index in [1.807, 2.05) is 0 Å². The molecule has 60 valence electrons. The zero-order chi connectivity index (χ0) is 8.55. The summed E-state index contributed by atoms with van der Waals surface area (Å²) in [4.78, 5) is 11.9. The second-order valence-corrected chi connectivity index (χ2v) is 3.39. The van der Waals surface area contributed by atoms with Crippen LogP contribution in [0.3, 0.4) is 0 Å². The topological polar surface area (TPSA) is 38.7 Å². The first-order valence-electron chi connectivity index (χ1n) is 3.19. The van der Waals surface area contributed by atoms with Gasteiger partial charge in [-0.3, -0.25) is 0 Å². The van der Waals surface area contributed by atoms with Gasteiger partial charge in [0.1, 0.15) is 11.5 Å². The Morgan fingerprint density at radius 1 is 1.25 bits per heavy atom. The molecule has 12 heavy (non-hydrogen) atoms. The Labute approximate surface area is 81.9 Å². The van der Waals surface area contributed by atoms with Crippen molar-refractivity contribution < 1.29 is 0 Å². The Kier molecular flexibility index (Phi) is 1.94. The number of fused-ring (bicyclic) bond motifs is 1. The van der Waals surface area contributed by atoms with Gasteiger partial charge in [-0.15, -0.1) is 0 Å². The van der Waals surface area contributed by atoms with E-state index in [2.05, 4.69) is 30.9 Å². The van der Waals surface area contributed by atoms with Crippen LogP contribution in [0.15, 0.2) is 23.2 Å². The van der Waals surface area contributed by atoms with Crippen LogP contribution in [0.25, 0.3) is 10.9 Å². The van der Waals surface area contributed by atoms with Crippen molar-refractivity contribution in [1.29, 1.82) is 0 Å². The van der Waals surface area contributed by atoms with Crippen LogP contribution in [0, 0.1) is 0 Å². The Hall–Kier alpha value is -0.740. The minimum Gasteiger partial charge on any atom is -0.244 e. The Bertz CT molecular complexity index is 391. The molecule has 0 bridgehead atoms. The lowest BCUT2D eigenvalue weighted by atomic mass is 10.3. The lowest BCUT2D eigenvalue weighted by molar-refractivity contribution is 1.20.